The van der Waals surface area contributed by atoms with Crippen molar-refractivity contribution in [2.45, 2.75) is 0 Å². The van der Waals surface area contributed by atoms with Gasteiger partial charge in [0.15, 0.2) is 10.8 Å². The summed E-state index contributed by atoms with van der Waals surface area (Å²) in [6, 6.07) is 18.5. The largest absolute Gasteiger partial charge is 0.487 e. The zero-order chi connectivity index (χ0) is 17.9. The quantitative estimate of drug-likeness (QED) is 0.547. The van der Waals surface area contributed by atoms with Crippen LogP contribution in [0, 0.1) is 0 Å². The van der Waals surface area contributed by atoms with Gasteiger partial charge in [-0.05, 0) is 24.3 Å². The topological polar surface area (TPSA) is 73.6 Å². The zero-order valence-corrected chi connectivity index (χ0v) is 14.6. The van der Waals surface area contributed by atoms with Gasteiger partial charge in [-0.3, -0.25) is 0 Å². The van der Waals surface area contributed by atoms with E-state index in [1.165, 1.54) is 11.3 Å². The van der Waals surface area contributed by atoms with E-state index in [0.717, 1.165) is 0 Å². The van der Waals surface area contributed by atoms with Crippen molar-refractivity contribution in [3.63, 3.8) is 0 Å². The minimum absolute atomic E-state index is 0.0936. The van der Waals surface area contributed by atoms with Gasteiger partial charge in [-0.25, -0.2) is 4.79 Å². The Morgan fingerprint density at radius 3 is 2.65 bits per heavy atom. The highest BCUT2D eigenvalue weighted by atomic mass is 32.1. The molecular formula is C19H14N2O4S. The van der Waals surface area contributed by atoms with Crippen LogP contribution in [0.4, 0.5) is 11.7 Å². The third-order valence-electron chi connectivity index (χ3n) is 3.60. The molecule has 4 aromatic rings. The Hall–Kier alpha value is -3.32. The molecule has 26 heavy (non-hydrogen) atoms. The van der Waals surface area contributed by atoms with Crippen LogP contribution in [0.5, 0.6) is 16.6 Å². The molecule has 0 fully saturated rings. The summed E-state index contributed by atoms with van der Waals surface area (Å²) in [6.45, 7) is 0. The molecule has 1 N–H and O–H groups in total. The highest BCUT2D eigenvalue weighted by Gasteiger charge is 2.13. The first kappa shape index (κ1) is 16.2. The summed E-state index contributed by atoms with van der Waals surface area (Å²) in [6.07, 6.45) is 0. The number of thiophene rings is 1. The second-order valence-corrected chi connectivity index (χ2v) is 6.32. The van der Waals surface area contributed by atoms with Gasteiger partial charge in [-0.2, -0.15) is 4.98 Å². The number of anilines is 2. The SMILES string of the molecule is COc1cc2c(=O)oc(Nc3ccccc3Oc3ccccc3)nc2s1. The van der Waals surface area contributed by atoms with Crippen molar-refractivity contribution in [3.05, 3.63) is 71.1 Å². The third-order valence-corrected chi connectivity index (χ3v) is 4.59. The Bertz CT molecular complexity index is 1110. The minimum atomic E-state index is -0.474. The standard InChI is InChI=1S/C19H14N2O4S/c1-23-16-11-13-17(26-16)21-19(25-18(13)22)20-14-9-5-6-10-15(14)24-12-7-3-2-4-8-12/h2-11H,1H3,(H,20,21). The molecular weight excluding hydrogens is 352 g/mol. The van der Waals surface area contributed by atoms with E-state index in [0.29, 0.717) is 32.5 Å². The van der Waals surface area contributed by atoms with Crippen LogP contribution in [-0.4, -0.2) is 12.1 Å². The van der Waals surface area contributed by atoms with Crippen LogP contribution in [0.25, 0.3) is 10.2 Å². The predicted octanol–water partition coefficient (Wildman–Crippen LogP) is 4.79. The molecule has 0 aliphatic rings. The Kier molecular flexibility index (Phi) is 4.28. The summed E-state index contributed by atoms with van der Waals surface area (Å²) in [5, 5.41) is 4.01. The lowest BCUT2D eigenvalue weighted by molar-refractivity contribution is 0.427. The molecule has 0 aliphatic heterocycles. The molecule has 130 valence electrons. The van der Waals surface area contributed by atoms with Gasteiger partial charge in [0.1, 0.15) is 16.0 Å². The molecule has 2 heterocycles. The monoisotopic (exact) mass is 366 g/mol. The third kappa shape index (κ3) is 3.25. The van der Waals surface area contributed by atoms with Crippen LogP contribution in [0.2, 0.25) is 0 Å². The number of rotatable bonds is 5. The van der Waals surface area contributed by atoms with Crippen LogP contribution in [0.1, 0.15) is 0 Å². The summed E-state index contributed by atoms with van der Waals surface area (Å²) >= 11 is 1.28. The first-order chi connectivity index (χ1) is 12.7. The Labute approximate surface area is 152 Å². The normalized spacial score (nSPS) is 10.7. The fourth-order valence-corrected chi connectivity index (χ4v) is 3.22. The fourth-order valence-electron chi connectivity index (χ4n) is 2.39. The molecule has 6 nitrogen and oxygen atoms in total. The van der Waals surface area contributed by atoms with Crippen molar-refractivity contribution in [3.8, 4) is 16.6 Å². The number of methoxy groups -OCH3 is 1. The van der Waals surface area contributed by atoms with Crippen LogP contribution in [0.15, 0.2) is 69.9 Å². The number of nitrogens with zero attached hydrogens (tertiary/aromatic N) is 1. The maximum Gasteiger partial charge on any atom is 0.349 e. The lowest BCUT2D eigenvalue weighted by Gasteiger charge is -2.11. The van der Waals surface area contributed by atoms with E-state index >= 15 is 0 Å². The molecule has 2 aromatic carbocycles. The molecule has 0 saturated carbocycles. The lowest BCUT2D eigenvalue weighted by Crippen LogP contribution is -2.04. The molecule has 0 amide bonds. The molecule has 0 saturated heterocycles. The smallest absolute Gasteiger partial charge is 0.349 e. The van der Waals surface area contributed by atoms with Gasteiger partial charge in [-0.1, -0.05) is 41.7 Å². The Morgan fingerprint density at radius 2 is 1.85 bits per heavy atom. The fraction of sp³-hybridized carbons (Fsp3) is 0.0526. The summed E-state index contributed by atoms with van der Waals surface area (Å²) < 4.78 is 16.3. The Morgan fingerprint density at radius 1 is 1.08 bits per heavy atom. The van der Waals surface area contributed by atoms with E-state index in [2.05, 4.69) is 10.3 Å². The zero-order valence-electron chi connectivity index (χ0n) is 13.8. The molecule has 0 aliphatic carbocycles. The molecule has 2 aromatic heterocycles. The number of ether oxygens (including phenoxy) is 2. The van der Waals surface area contributed by atoms with Gasteiger partial charge >= 0.3 is 11.6 Å². The van der Waals surface area contributed by atoms with Crippen molar-refractivity contribution in [1.29, 1.82) is 0 Å². The van der Waals surface area contributed by atoms with Gasteiger partial charge in [-0.15, -0.1) is 0 Å². The number of para-hydroxylation sites is 3. The second-order valence-electron chi connectivity index (χ2n) is 5.33. The summed E-state index contributed by atoms with van der Waals surface area (Å²) in [4.78, 5) is 17.1. The highest BCUT2D eigenvalue weighted by molar-refractivity contribution is 7.20. The van der Waals surface area contributed by atoms with Crippen LogP contribution in [0.3, 0.4) is 0 Å². The number of benzene rings is 2. The van der Waals surface area contributed by atoms with E-state index in [1.54, 1.807) is 13.2 Å². The molecule has 0 spiro atoms. The van der Waals surface area contributed by atoms with Crippen molar-refractivity contribution in [1.82, 2.24) is 4.98 Å². The number of hydrogen-bond donors (Lipinski definition) is 1. The summed E-state index contributed by atoms with van der Waals surface area (Å²) in [5.74, 6) is 1.29. The molecule has 0 atom stereocenters. The molecule has 0 unspecified atom stereocenters. The number of aromatic nitrogens is 1. The van der Waals surface area contributed by atoms with Gasteiger partial charge in [0.25, 0.3) is 0 Å². The maximum absolute atomic E-state index is 12.2. The van der Waals surface area contributed by atoms with Gasteiger partial charge in [0.05, 0.1) is 12.8 Å². The minimum Gasteiger partial charge on any atom is -0.487 e. The average Bonchev–Trinajstić information content (AvgIpc) is 3.08. The highest BCUT2D eigenvalue weighted by Crippen LogP contribution is 2.32. The van der Waals surface area contributed by atoms with Crippen molar-refractivity contribution in [2.24, 2.45) is 0 Å². The van der Waals surface area contributed by atoms with E-state index in [-0.39, 0.29) is 6.01 Å². The second kappa shape index (κ2) is 6.89. The summed E-state index contributed by atoms with van der Waals surface area (Å²) in [5.41, 5.74) is 0.161. The van der Waals surface area contributed by atoms with Gasteiger partial charge < -0.3 is 19.2 Å². The van der Waals surface area contributed by atoms with E-state index in [9.17, 15) is 4.79 Å². The van der Waals surface area contributed by atoms with E-state index in [1.807, 2.05) is 54.6 Å². The molecule has 7 heteroatoms. The van der Waals surface area contributed by atoms with Crippen LogP contribution >= 0.6 is 11.3 Å². The molecule has 4 rings (SSSR count). The number of nitrogens with one attached hydrogen (secondary N) is 1. The average molecular weight is 366 g/mol. The van der Waals surface area contributed by atoms with Gasteiger partial charge in [0, 0.05) is 6.07 Å². The van der Waals surface area contributed by atoms with Crippen LogP contribution in [-0.2, 0) is 0 Å². The first-order valence-corrected chi connectivity index (χ1v) is 8.62. The predicted molar refractivity (Wildman–Crippen MR) is 101 cm³/mol. The van der Waals surface area contributed by atoms with Crippen molar-refractivity contribution >= 4 is 33.3 Å². The molecule has 0 bridgehead atoms. The first-order valence-electron chi connectivity index (χ1n) is 7.80. The van der Waals surface area contributed by atoms with Crippen molar-refractivity contribution < 1.29 is 13.9 Å². The van der Waals surface area contributed by atoms with E-state index < -0.39 is 5.63 Å². The number of fused-ring (bicyclic) bond motifs is 1. The lowest BCUT2D eigenvalue weighted by atomic mass is 10.3. The summed E-state index contributed by atoms with van der Waals surface area (Å²) in [7, 11) is 1.54. The van der Waals surface area contributed by atoms with Crippen LogP contribution < -0.4 is 20.4 Å². The number of hydrogen-bond acceptors (Lipinski definition) is 7. The molecule has 0 radical (unpaired) electrons. The Balaban J connectivity index is 1.67. The van der Waals surface area contributed by atoms with Crippen molar-refractivity contribution in [2.75, 3.05) is 12.4 Å². The van der Waals surface area contributed by atoms with Gasteiger partial charge in [0.2, 0.25) is 0 Å². The maximum atomic E-state index is 12.2. The van der Waals surface area contributed by atoms with E-state index in [4.69, 9.17) is 13.9 Å².